The number of carbonyl (C=O) groups excluding carboxylic acids is 2. The van der Waals surface area contributed by atoms with E-state index in [-0.39, 0.29) is 35.3 Å². The van der Waals surface area contributed by atoms with E-state index < -0.39 is 12.0 Å². The van der Waals surface area contributed by atoms with Gasteiger partial charge in [0.05, 0.1) is 27.8 Å². The third-order valence-electron chi connectivity index (χ3n) is 19.1. The number of aromatic nitrogens is 2. The summed E-state index contributed by atoms with van der Waals surface area (Å²) in [6.45, 7) is 22.6. The van der Waals surface area contributed by atoms with Crippen LogP contribution in [0, 0.1) is 30.1 Å². The molecule has 6 aliphatic rings. The van der Waals surface area contributed by atoms with Gasteiger partial charge < -0.3 is 56.6 Å². The summed E-state index contributed by atoms with van der Waals surface area (Å²) in [6, 6.07) is 17.8. The SMILES string of the molecule is CCN(CC1CCCN1CC1CCCN(C2CC3(CCN(CC4CCN(c5cc(C(C(=O)N6CCCC6C(=O)NC(C)c6ccc(-c7scnc7C)cc6)C(C)C)on5)CC4)CC3)C2)C1)C(/C=C(\N)c1ccccc1O)=C(N)N. The number of rotatable bonds is 19. The van der Waals surface area contributed by atoms with Gasteiger partial charge in [0, 0.05) is 81.8 Å². The molecule has 2 aromatic heterocycles. The highest BCUT2D eigenvalue weighted by Gasteiger charge is 2.49. The Bertz CT molecular complexity index is 2750. The average Bonchev–Trinajstić information content (AvgIpc) is 4.35. The highest BCUT2D eigenvalue weighted by molar-refractivity contribution is 7.13. The van der Waals surface area contributed by atoms with Gasteiger partial charge in [-0.3, -0.25) is 14.5 Å². The molecule has 2 amide bonds. The van der Waals surface area contributed by atoms with Gasteiger partial charge in [-0.25, -0.2) is 4.98 Å². The smallest absolute Gasteiger partial charge is 0.243 e. The fraction of sp³-hybridized carbons (Fsp3) is 0.613. The summed E-state index contributed by atoms with van der Waals surface area (Å²) >= 11 is 1.63. The molecule has 6 fully saturated rings. The molecular formula is C62H90N12O4S. The van der Waals surface area contributed by atoms with Gasteiger partial charge in [0.15, 0.2) is 11.6 Å². The number of piperidine rings is 3. The van der Waals surface area contributed by atoms with E-state index in [1.54, 1.807) is 28.4 Å². The molecule has 4 aromatic rings. The molecule has 428 valence electrons. The normalized spacial score (nSPS) is 23.5. The minimum Gasteiger partial charge on any atom is -0.507 e. The van der Waals surface area contributed by atoms with E-state index in [9.17, 15) is 14.7 Å². The number of benzene rings is 2. The first-order chi connectivity index (χ1) is 38.1. The Labute approximate surface area is 473 Å². The molecule has 10 rings (SSSR count). The minimum atomic E-state index is -0.517. The Hall–Kier alpha value is -5.62. The van der Waals surface area contributed by atoms with E-state index in [1.807, 2.05) is 43.6 Å². The largest absolute Gasteiger partial charge is 0.507 e. The predicted octanol–water partition coefficient (Wildman–Crippen LogP) is 8.47. The van der Waals surface area contributed by atoms with Crippen molar-refractivity contribution in [2.24, 2.45) is 40.4 Å². The van der Waals surface area contributed by atoms with Crippen molar-refractivity contribution in [3.8, 4) is 16.2 Å². The van der Waals surface area contributed by atoms with Gasteiger partial charge in [0.2, 0.25) is 11.8 Å². The van der Waals surface area contributed by atoms with Crippen molar-refractivity contribution in [2.75, 3.05) is 83.4 Å². The maximum absolute atomic E-state index is 14.4. The number of nitrogens with one attached hydrogen (secondary N) is 1. The van der Waals surface area contributed by atoms with E-state index in [0.29, 0.717) is 53.3 Å². The summed E-state index contributed by atoms with van der Waals surface area (Å²) < 4.78 is 6.02. The number of para-hydroxylation sites is 1. The van der Waals surface area contributed by atoms with Gasteiger partial charge in [-0.2, -0.15) is 0 Å². The number of hydrogen-bond acceptors (Lipinski definition) is 15. The first-order valence-corrected chi connectivity index (χ1v) is 30.8. The molecule has 17 heteroatoms. The molecule has 5 saturated heterocycles. The molecule has 1 spiro atoms. The molecule has 2 aromatic carbocycles. The third-order valence-corrected chi connectivity index (χ3v) is 20.1. The maximum atomic E-state index is 14.4. The van der Waals surface area contributed by atoms with Crippen molar-refractivity contribution in [3.05, 3.63) is 100 Å². The lowest BCUT2D eigenvalue weighted by atomic mass is 9.59. The summed E-state index contributed by atoms with van der Waals surface area (Å²) in [7, 11) is 0. The van der Waals surface area contributed by atoms with Crippen molar-refractivity contribution in [2.45, 2.75) is 142 Å². The van der Waals surface area contributed by atoms with Gasteiger partial charge in [0.1, 0.15) is 23.5 Å². The van der Waals surface area contributed by atoms with E-state index in [2.05, 4.69) is 85.0 Å². The van der Waals surface area contributed by atoms with Crippen LogP contribution in [0.5, 0.6) is 5.75 Å². The molecule has 7 heterocycles. The van der Waals surface area contributed by atoms with Crippen molar-refractivity contribution < 1.29 is 19.2 Å². The van der Waals surface area contributed by atoms with Crippen LogP contribution in [0.1, 0.15) is 139 Å². The molecule has 1 saturated carbocycles. The van der Waals surface area contributed by atoms with Crippen molar-refractivity contribution >= 4 is 34.7 Å². The van der Waals surface area contributed by atoms with Crippen LogP contribution in [0.25, 0.3) is 16.1 Å². The summed E-state index contributed by atoms with van der Waals surface area (Å²) in [5, 5.41) is 18.2. The van der Waals surface area contributed by atoms with Crippen molar-refractivity contribution in [3.63, 3.8) is 0 Å². The third kappa shape index (κ3) is 13.0. The highest BCUT2D eigenvalue weighted by atomic mass is 32.1. The molecule has 5 unspecified atom stereocenters. The number of likely N-dealkylation sites (N-methyl/N-ethyl adjacent to an activating group) is 1. The summed E-state index contributed by atoms with van der Waals surface area (Å²) in [4.78, 5) is 48.5. The lowest BCUT2D eigenvalue weighted by molar-refractivity contribution is -0.141. The number of likely N-dealkylation sites (tertiary alicyclic amines) is 4. The Balaban J connectivity index is 0.647. The van der Waals surface area contributed by atoms with Crippen molar-refractivity contribution in [1.29, 1.82) is 0 Å². The van der Waals surface area contributed by atoms with Gasteiger partial charge in [-0.05, 0) is 177 Å². The number of amides is 2. The van der Waals surface area contributed by atoms with Gasteiger partial charge >= 0.3 is 0 Å². The van der Waals surface area contributed by atoms with Crippen LogP contribution in [0.3, 0.4) is 0 Å². The highest BCUT2D eigenvalue weighted by Crippen LogP contribution is 2.52. The zero-order valence-electron chi connectivity index (χ0n) is 47.8. The van der Waals surface area contributed by atoms with Gasteiger partial charge in [-0.15, -0.1) is 11.3 Å². The number of anilines is 1. The molecule has 1 aliphatic carbocycles. The number of hydrogen-bond donors (Lipinski definition) is 5. The monoisotopic (exact) mass is 1100 g/mol. The fourth-order valence-corrected chi connectivity index (χ4v) is 15.2. The topological polar surface area (TPSA) is 203 Å². The molecule has 5 atom stereocenters. The summed E-state index contributed by atoms with van der Waals surface area (Å²) in [6.07, 6.45) is 15.8. The van der Waals surface area contributed by atoms with Crippen LogP contribution in [0.4, 0.5) is 5.82 Å². The zero-order chi connectivity index (χ0) is 55.4. The van der Waals surface area contributed by atoms with Crippen LogP contribution in [-0.4, -0.2) is 148 Å². The fourth-order valence-electron chi connectivity index (χ4n) is 14.4. The average molecular weight is 1100 g/mol. The summed E-state index contributed by atoms with van der Waals surface area (Å²) in [5.74, 6) is 2.42. The number of phenolic OH excluding ortho intramolecular Hbond substituents is 1. The summed E-state index contributed by atoms with van der Waals surface area (Å²) in [5.41, 5.74) is 26.4. The molecule has 16 nitrogen and oxygen atoms in total. The van der Waals surface area contributed by atoms with Crippen LogP contribution in [0.15, 0.2) is 82.2 Å². The molecule has 5 aliphatic heterocycles. The van der Waals surface area contributed by atoms with Crippen LogP contribution < -0.4 is 27.4 Å². The zero-order valence-corrected chi connectivity index (χ0v) is 48.6. The minimum absolute atomic E-state index is 0.0253. The van der Waals surface area contributed by atoms with E-state index in [1.165, 1.54) is 77.7 Å². The second kappa shape index (κ2) is 25.0. The van der Waals surface area contributed by atoms with Gasteiger partial charge in [-0.1, -0.05) is 55.4 Å². The number of aromatic hydroxyl groups is 1. The van der Waals surface area contributed by atoms with Crippen LogP contribution in [0.2, 0.25) is 0 Å². The second-order valence-corrected chi connectivity index (χ2v) is 25.6. The molecule has 0 radical (unpaired) electrons. The standard InChI is InChI=1S/C62H90N12O4S/c1-6-70(53(59(64)65)32-51(63)50-14-7-8-16-54(50)75)39-48-13-10-26-72(48)37-45-12-9-25-73(38-45)49-34-62(35-49)23-30-69(31-24-62)36-44-21-28-71(29-22-44)56-33-55(78-68-56)57(41(2)3)61(77)74-27-11-15-52(74)60(76)67-42(4)46-17-19-47(20-18-46)58-43(5)66-40-79-58/h7-8,14,16-20,32-33,40-42,44-45,48-49,52,57,75H,6,9-13,15,21-31,34-39,63-65H2,1-5H3,(H,67,76)/b51-32-. The lowest BCUT2D eigenvalue weighted by Crippen LogP contribution is -2.57. The number of carbonyl (C=O) groups is 2. The number of nitrogens with zero attached hydrogens (tertiary/aromatic N) is 8. The van der Waals surface area contributed by atoms with E-state index in [4.69, 9.17) is 21.7 Å². The molecule has 8 N–H and O–H groups in total. The number of nitrogens with two attached hydrogens (primary N) is 3. The number of thiazole rings is 1. The Morgan fingerprint density at radius 3 is 2.33 bits per heavy atom. The number of phenols is 1. The first-order valence-electron chi connectivity index (χ1n) is 29.9. The van der Waals surface area contributed by atoms with E-state index >= 15 is 0 Å². The van der Waals surface area contributed by atoms with Gasteiger partial charge in [0.25, 0.3) is 0 Å². The van der Waals surface area contributed by atoms with Crippen LogP contribution in [-0.2, 0) is 9.59 Å². The molecule has 79 heavy (non-hydrogen) atoms. The second-order valence-electron chi connectivity index (χ2n) is 24.7. The molecule has 0 bridgehead atoms. The maximum Gasteiger partial charge on any atom is 0.243 e. The Morgan fingerprint density at radius 1 is 0.899 bits per heavy atom. The van der Waals surface area contributed by atoms with Crippen molar-refractivity contribution in [1.82, 2.24) is 40.0 Å². The Kier molecular flexibility index (Phi) is 17.9. The number of allylic oxidation sites excluding steroid dienone is 1. The quantitative estimate of drug-likeness (QED) is 0.0560. The number of aryl methyl sites for hydroxylation is 1. The first kappa shape index (κ1) is 56.6. The van der Waals surface area contributed by atoms with E-state index in [0.717, 1.165) is 104 Å². The molecular weight excluding hydrogens is 1010 g/mol. The van der Waals surface area contributed by atoms with Crippen LogP contribution >= 0.6 is 11.3 Å². The lowest BCUT2D eigenvalue weighted by Gasteiger charge is -2.56. The Morgan fingerprint density at radius 2 is 1.63 bits per heavy atom. The predicted molar refractivity (Wildman–Crippen MR) is 316 cm³/mol.